The normalized spacial score (nSPS) is 11.5. The van der Waals surface area contributed by atoms with Crippen molar-refractivity contribution in [3.8, 4) is 0 Å². The third-order valence-corrected chi connectivity index (χ3v) is 1.30. The molecule has 13 heavy (non-hydrogen) atoms. The van der Waals surface area contributed by atoms with Crippen LogP contribution in [-0.4, -0.2) is 54.8 Å². The minimum Gasteiger partial charge on any atom is -0.448 e. The molecule has 0 spiro atoms. The molecule has 0 heterocycles. The molecule has 0 unspecified atom stereocenters. The van der Waals surface area contributed by atoms with Gasteiger partial charge in [0.1, 0.15) is 0 Å². The molecule has 0 rings (SSSR count). The molecule has 0 aliphatic carbocycles. The largest absolute Gasteiger partial charge is 1.00 e. The van der Waals surface area contributed by atoms with Crippen molar-refractivity contribution in [1.82, 2.24) is 4.90 Å². The molecule has 0 bridgehead atoms. The third kappa shape index (κ3) is 11.3. The topological polar surface area (TPSA) is 43.7 Å². The summed E-state index contributed by atoms with van der Waals surface area (Å²) >= 11 is 0. The van der Waals surface area contributed by atoms with Gasteiger partial charge in [0.15, 0.2) is 0 Å². The fourth-order valence-corrected chi connectivity index (χ4v) is 0.870. The average molecular weight is 225 g/mol. The van der Waals surface area contributed by atoms with Crippen molar-refractivity contribution < 1.29 is 74.5 Å². The van der Waals surface area contributed by atoms with Crippen molar-refractivity contribution in [3.63, 3.8) is 0 Å². The van der Waals surface area contributed by atoms with E-state index < -0.39 is 13.4 Å². The first-order valence-electron chi connectivity index (χ1n) is 3.64. The molecular weight excluding hydrogens is 213 g/mol. The van der Waals surface area contributed by atoms with Crippen molar-refractivity contribution in [2.45, 2.75) is 0 Å². The van der Waals surface area contributed by atoms with E-state index in [1.54, 1.807) is 0 Å². The van der Waals surface area contributed by atoms with E-state index in [0.717, 1.165) is 4.90 Å². The van der Waals surface area contributed by atoms with Crippen LogP contribution in [0.15, 0.2) is 0 Å². The third-order valence-electron chi connectivity index (χ3n) is 1.30. The van der Waals surface area contributed by atoms with E-state index in [1.165, 1.54) is 0 Å². The number of hydrogen-bond donors (Lipinski definition) is 2. The fourth-order valence-electron chi connectivity index (χ4n) is 0.870. The van der Waals surface area contributed by atoms with Crippen LogP contribution in [0.2, 0.25) is 0 Å². The second-order valence-electron chi connectivity index (χ2n) is 2.46. The molecule has 0 amide bonds. The second-order valence-corrected chi connectivity index (χ2v) is 2.46. The summed E-state index contributed by atoms with van der Waals surface area (Å²) in [7, 11) is 0. The molecule has 2 N–H and O–H groups in total. The zero-order valence-corrected chi connectivity index (χ0v) is 10.7. The van der Waals surface area contributed by atoms with Crippen LogP contribution in [0.25, 0.3) is 0 Å². The number of aliphatic hydroxyl groups excluding tert-OH is 2. The summed E-state index contributed by atoms with van der Waals surface area (Å²) < 4.78 is 35.4. The van der Waals surface area contributed by atoms with E-state index in [1.807, 2.05) is 0 Å². The molecule has 0 aliphatic heterocycles. The Balaban J connectivity index is 0. The molecule has 0 atom stereocenters. The van der Waals surface area contributed by atoms with Gasteiger partial charge in [-0.25, -0.2) is 0 Å². The van der Waals surface area contributed by atoms with E-state index in [2.05, 4.69) is 0 Å². The maximum atomic E-state index is 11.8. The number of rotatable bonds is 6. The summed E-state index contributed by atoms with van der Waals surface area (Å²) in [4.78, 5) is 0.972. The number of nitrogens with zero attached hydrogens (tertiary/aromatic N) is 1. The van der Waals surface area contributed by atoms with Gasteiger partial charge < -0.3 is 28.1 Å². The van der Waals surface area contributed by atoms with Crippen molar-refractivity contribution in [2.75, 3.05) is 32.7 Å². The fraction of sp³-hybridized carbons (Fsp3) is 1.00. The van der Waals surface area contributed by atoms with E-state index >= 15 is 0 Å². The summed E-state index contributed by atoms with van der Waals surface area (Å²) in [6, 6.07) is 0. The molecule has 74 valence electrons. The van der Waals surface area contributed by atoms with Crippen molar-refractivity contribution in [2.24, 2.45) is 0 Å². The van der Waals surface area contributed by atoms with Gasteiger partial charge >= 0.3 is 58.4 Å². The molecule has 0 fully saturated rings. The molecule has 0 saturated heterocycles. The Morgan fingerprint density at radius 3 is 1.62 bits per heavy atom. The maximum Gasteiger partial charge on any atom is 1.00 e. The quantitative estimate of drug-likeness (QED) is 0.464. The van der Waals surface area contributed by atoms with E-state index in [0.29, 0.717) is 0 Å². The van der Waals surface area contributed by atoms with Crippen LogP contribution < -0.4 is 51.4 Å². The minimum atomic E-state index is -4.87. The van der Waals surface area contributed by atoms with Crippen molar-refractivity contribution in [3.05, 3.63) is 0 Å². The SMILES string of the molecule is OCCN(CCO)C[B-](F)(F)F.[K+]. The zero-order valence-electron chi connectivity index (χ0n) is 7.59. The predicted octanol–water partition coefficient (Wildman–Crippen LogP) is -3.34. The monoisotopic (exact) mass is 225 g/mol. The van der Waals surface area contributed by atoms with Crippen LogP contribution in [0, 0.1) is 0 Å². The zero-order chi connectivity index (χ0) is 9.61. The Morgan fingerprint density at radius 1 is 1.00 bits per heavy atom. The molecule has 3 nitrogen and oxygen atoms in total. The Morgan fingerprint density at radius 2 is 1.38 bits per heavy atom. The Labute approximate surface area is 118 Å². The van der Waals surface area contributed by atoms with E-state index in [4.69, 9.17) is 10.2 Å². The van der Waals surface area contributed by atoms with Crippen LogP contribution in [0.1, 0.15) is 0 Å². The Kier molecular flexibility index (Phi) is 11.2. The van der Waals surface area contributed by atoms with Crippen LogP contribution in [0.3, 0.4) is 0 Å². The molecular formula is C5H12BF3KNO2. The van der Waals surface area contributed by atoms with Gasteiger partial charge in [-0.1, -0.05) is 0 Å². The smallest absolute Gasteiger partial charge is 0.448 e. The van der Waals surface area contributed by atoms with Gasteiger partial charge in [-0.2, -0.15) is 0 Å². The van der Waals surface area contributed by atoms with Gasteiger partial charge in [-0.05, 0) is 6.44 Å². The van der Waals surface area contributed by atoms with Crippen molar-refractivity contribution >= 4 is 6.98 Å². The van der Waals surface area contributed by atoms with Crippen LogP contribution in [0.5, 0.6) is 0 Å². The van der Waals surface area contributed by atoms with Gasteiger partial charge in [0, 0.05) is 13.1 Å². The summed E-state index contributed by atoms with van der Waals surface area (Å²) in [5.41, 5.74) is 0. The summed E-state index contributed by atoms with van der Waals surface area (Å²) in [5, 5.41) is 16.8. The van der Waals surface area contributed by atoms with Gasteiger partial charge in [-0.3, -0.25) is 0 Å². The average Bonchev–Trinajstić information content (AvgIpc) is 1.84. The van der Waals surface area contributed by atoms with Gasteiger partial charge in [0.25, 0.3) is 0 Å². The van der Waals surface area contributed by atoms with Gasteiger partial charge in [0.2, 0.25) is 0 Å². The first-order chi connectivity index (χ1) is 5.49. The second kappa shape index (κ2) is 8.66. The first kappa shape index (κ1) is 16.8. The van der Waals surface area contributed by atoms with Gasteiger partial charge in [-0.15, -0.1) is 0 Å². The predicted molar refractivity (Wildman–Crippen MR) is 39.7 cm³/mol. The molecule has 0 saturated carbocycles. The Bertz CT molecular complexity index is 121. The van der Waals surface area contributed by atoms with E-state index in [9.17, 15) is 12.9 Å². The number of aliphatic hydroxyl groups is 2. The van der Waals surface area contributed by atoms with Crippen LogP contribution >= 0.6 is 0 Å². The van der Waals surface area contributed by atoms with Crippen molar-refractivity contribution in [1.29, 1.82) is 0 Å². The Hall–Kier alpha value is 1.37. The molecule has 0 aromatic carbocycles. The molecule has 0 radical (unpaired) electrons. The number of hydrogen-bond acceptors (Lipinski definition) is 3. The summed E-state index contributed by atoms with van der Waals surface area (Å²) in [5.74, 6) is 0. The standard InChI is InChI=1S/C5H12BF3NO2.K/c7-6(8,9)5-10(1-3-11)2-4-12;/h11-12H,1-5H2;/q-1;+1. The minimum absolute atomic E-state index is 0. The van der Waals surface area contributed by atoms with E-state index in [-0.39, 0.29) is 77.7 Å². The number of halogens is 3. The summed E-state index contributed by atoms with van der Waals surface area (Å²) in [6.45, 7) is -5.63. The molecule has 8 heteroatoms. The maximum absolute atomic E-state index is 11.8. The molecule has 0 aliphatic rings. The van der Waals surface area contributed by atoms with Gasteiger partial charge in [0.05, 0.1) is 13.2 Å². The van der Waals surface area contributed by atoms with Crippen LogP contribution in [-0.2, 0) is 0 Å². The summed E-state index contributed by atoms with van der Waals surface area (Å²) in [6.07, 6.45) is -1.03. The first-order valence-corrected chi connectivity index (χ1v) is 3.64. The molecule has 0 aromatic rings. The van der Waals surface area contributed by atoms with Crippen LogP contribution in [0.4, 0.5) is 12.9 Å². The molecule has 0 aromatic heterocycles.